The lowest BCUT2D eigenvalue weighted by atomic mass is 10.0. The molecule has 0 aliphatic heterocycles. The van der Waals surface area contributed by atoms with E-state index >= 15 is 0 Å². The average molecular weight is 282 g/mol. The fraction of sp³-hybridized carbons (Fsp3) is 0.235. The lowest BCUT2D eigenvalue weighted by Crippen LogP contribution is -2.09. The molecule has 2 N–H and O–H groups in total. The smallest absolute Gasteiger partial charge is 0.192 e. The van der Waals surface area contributed by atoms with Crippen LogP contribution in [0.2, 0.25) is 0 Å². The van der Waals surface area contributed by atoms with Crippen LogP contribution in [0.5, 0.6) is 5.75 Å². The van der Waals surface area contributed by atoms with Crippen molar-refractivity contribution < 1.29 is 9.52 Å². The molecule has 4 heteroatoms. The van der Waals surface area contributed by atoms with E-state index in [-0.39, 0.29) is 6.04 Å². The molecule has 3 aromatic rings. The van der Waals surface area contributed by atoms with Crippen molar-refractivity contribution in [3.8, 4) is 5.75 Å². The Morgan fingerprint density at radius 3 is 2.81 bits per heavy atom. The molecule has 3 rings (SSSR count). The molecule has 1 heterocycles. The molecule has 0 radical (unpaired) electrons. The maximum atomic E-state index is 10.00. The van der Waals surface area contributed by atoms with Crippen LogP contribution in [0, 0.1) is 6.92 Å². The molecule has 1 unspecified atom stereocenters. The van der Waals surface area contributed by atoms with E-state index in [4.69, 9.17) is 4.42 Å². The summed E-state index contributed by atoms with van der Waals surface area (Å²) in [5, 5.41) is 13.4. The highest BCUT2D eigenvalue weighted by molar-refractivity contribution is 5.77. The molecular weight excluding hydrogens is 264 g/mol. The summed E-state index contributed by atoms with van der Waals surface area (Å²) in [4.78, 5) is 4.34. The van der Waals surface area contributed by atoms with Gasteiger partial charge in [-0.2, -0.15) is 0 Å². The molecule has 108 valence electrons. The van der Waals surface area contributed by atoms with Crippen molar-refractivity contribution in [3.63, 3.8) is 0 Å². The SMILES string of the molecule is CCC(Nc1ccc2oc(C)nc2c1)c1ccccc1O. The Bertz CT molecular complexity index is 764. The molecule has 4 nitrogen and oxygen atoms in total. The zero-order chi connectivity index (χ0) is 14.8. The number of hydrogen-bond acceptors (Lipinski definition) is 4. The van der Waals surface area contributed by atoms with Crippen molar-refractivity contribution in [1.82, 2.24) is 4.98 Å². The summed E-state index contributed by atoms with van der Waals surface area (Å²) in [5.41, 5.74) is 3.49. The second-order valence-electron chi connectivity index (χ2n) is 5.08. The highest BCUT2D eigenvalue weighted by atomic mass is 16.3. The predicted octanol–water partition coefficient (Wildman–Crippen LogP) is 4.41. The van der Waals surface area contributed by atoms with E-state index < -0.39 is 0 Å². The first kappa shape index (κ1) is 13.5. The van der Waals surface area contributed by atoms with Crippen LogP contribution in [-0.4, -0.2) is 10.1 Å². The lowest BCUT2D eigenvalue weighted by Gasteiger charge is -2.19. The van der Waals surface area contributed by atoms with Crippen LogP contribution in [0.25, 0.3) is 11.1 Å². The molecule has 0 bridgehead atoms. The summed E-state index contributed by atoms with van der Waals surface area (Å²) in [5.74, 6) is 0.977. The molecule has 0 saturated carbocycles. The second-order valence-corrected chi connectivity index (χ2v) is 5.08. The minimum Gasteiger partial charge on any atom is -0.508 e. The Kier molecular flexibility index (Phi) is 3.52. The van der Waals surface area contributed by atoms with Crippen LogP contribution < -0.4 is 5.32 Å². The zero-order valence-corrected chi connectivity index (χ0v) is 12.1. The molecule has 21 heavy (non-hydrogen) atoms. The van der Waals surface area contributed by atoms with Crippen LogP contribution in [0.1, 0.15) is 30.8 Å². The molecule has 1 atom stereocenters. The van der Waals surface area contributed by atoms with Crippen LogP contribution in [0.4, 0.5) is 5.69 Å². The number of anilines is 1. The van der Waals surface area contributed by atoms with E-state index in [0.717, 1.165) is 28.8 Å². The summed E-state index contributed by atoms with van der Waals surface area (Å²) >= 11 is 0. The number of aromatic hydroxyl groups is 1. The number of hydrogen-bond donors (Lipinski definition) is 2. The maximum absolute atomic E-state index is 10.00. The normalized spacial score (nSPS) is 12.5. The van der Waals surface area contributed by atoms with Crippen LogP contribution in [-0.2, 0) is 0 Å². The summed E-state index contributed by atoms with van der Waals surface area (Å²) in [6.07, 6.45) is 0.869. The molecule has 0 amide bonds. The molecular formula is C17H18N2O2. The number of nitrogens with one attached hydrogen (secondary N) is 1. The largest absolute Gasteiger partial charge is 0.508 e. The Morgan fingerprint density at radius 2 is 2.05 bits per heavy atom. The Balaban J connectivity index is 1.90. The summed E-state index contributed by atoms with van der Waals surface area (Å²) < 4.78 is 5.48. The van der Waals surface area contributed by atoms with Crippen LogP contribution >= 0.6 is 0 Å². The third-order valence-electron chi connectivity index (χ3n) is 3.56. The first-order valence-corrected chi connectivity index (χ1v) is 7.09. The number of phenols is 1. The van der Waals surface area contributed by atoms with Gasteiger partial charge in [0.1, 0.15) is 11.3 Å². The monoisotopic (exact) mass is 282 g/mol. The van der Waals surface area contributed by atoms with Crippen LogP contribution in [0.15, 0.2) is 46.9 Å². The van der Waals surface area contributed by atoms with Crippen molar-refractivity contribution in [2.75, 3.05) is 5.32 Å². The summed E-state index contributed by atoms with van der Waals surface area (Å²) in [6, 6.07) is 13.3. The fourth-order valence-electron chi connectivity index (χ4n) is 2.52. The number of fused-ring (bicyclic) bond motifs is 1. The topological polar surface area (TPSA) is 58.3 Å². The van der Waals surface area contributed by atoms with E-state index in [1.54, 1.807) is 6.07 Å². The summed E-state index contributed by atoms with van der Waals surface area (Å²) in [7, 11) is 0. The van der Waals surface area contributed by atoms with Gasteiger partial charge < -0.3 is 14.8 Å². The number of aryl methyl sites for hydroxylation is 1. The Morgan fingerprint density at radius 1 is 1.24 bits per heavy atom. The molecule has 0 aliphatic carbocycles. The highest BCUT2D eigenvalue weighted by Crippen LogP contribution is 2.30. The van der Waals surface area contributed by atoms with Crippen LogP contribution in [0.3, 0.4) is 0 Å². The van der Waals surface area contributed by atoms with Gasteiger partial charge in [0.25, 0.3) is 0 Å². The molecule has 0 spiro atoms. The molecule has 0 fully saturated rings. The average Bonchev–Trinajstić information content (AvgIpc) is 2.85. The third kappa shape index (κ3) is 2.70. The molecule has 2 aromatic carbocycles. The first-order chi connectivity index (χ1) is 10.2. The number of rotatable bonds is 4. The third-order valence-corrected chi connectivity index (χ3v) is 3.56. The molecule has 0 aliphatic rings. The van der Waals surface area contributed by atoms with Gasteiger partial charge in [-0.15, -0.1) is 0 Å². The van der Waals surface area contributed by atoms with Gasteiger partial charge in [0, 0.05) is 18.2 Å². The van der Waals surface area contributed by atoms with Crippen molar-refractivity contribution in [2.45, 2.75) is 26.3 Å². The van der Waals surface area contributed by atoms with Gasteiger partial charge in [-0.3, -0.25) is 0 Å². The van der Waals surface area contributed by atoms with Crippen molar-refractivity contribution in [2.24, 2.45) is 0 Å². The minimum absolute atomic E-state index is 0.0525. The van der Waals surface area contributed by atoms with E-state index in [2.05, 4.69) is 17.2 Å². The van der Waals surface area contributed by atoms with E-state index in [1.165, 1.54) is 0 Å². The maximum Gasteiger partial charge on any atom is 0.192 e. The number of nitrogens with zero attached hydrogens (tertiary/aromatic N) is 1. The van der Waals surface area contributed by atoms with E-state index in [1.807, 2.05) is 43.3 Å². The first-order valence-electron chi connectivity index (χ1n) is 7.09. The van der Waals surface area contributed by atoms with Gasteiger partial charge in [0.05, 0.1) is 6.04 Å². The summed E-state index contributed by atoms with van der Waals surface area (Å²) in [6.45, 7) is 3.92. The highest BCUT2D eigenvalue weighted by Gasteiger charge is 2.13. The van der Waals surface area contributed by atoms with Gasteiger partial charge in [-0.25, -0.2) is 4.98 Å². The quantitative estimate of drug-likeness (QED) is 0.744. The second kappa shape index (κ2) is 5.48. The van der Waals surface area contributed by atoms with Crippen molar-refractivity contribution >= 4 is 16.8 Å². The number of oxazole rings is 1. The zero-order valence-electron chi connectivity index (χ0n) is 12.1. The number of phenolic OH excluding ortho intramolecular Hbond substituents is 1. The predicted molar refractivity (Wildman–Crippen MR) is 83.5 cm³/mol. The van der Waals surface area contributed by atoms with E-state index in [9.17, 15) is 5.11 Å². The van der Waals surface area contributed by atoms with Gasteiger partial charge in [0.15, 0.2) is 11.5 Å². The number of aromatic nitrogens is 1. The van der Waals surface area contributed by atoms with Crippen molar-refractivity contribution in [1.29, 1.82) is 0 Å². The fourth-order valence-corrected chi connectivity index (χ4v) is 2.52. The minimum atomic E-state index is 0.0525. The van der Waals surface area contributed by atoms with Gasteiger partial charge in [0.2, 0.25) is 0 Å². The number of para-hydroxylation sites is 1. The van der Waals surface area contributed by atoms with Gasteiger partial charge in [-0.05, 0) is 30.7 Å². The lowest BCUT2D eigenvalue weighted by molar-refractivity contribution is 0.463. The number of benzene rings is 2. The molecule has 1 aromatic heterocycles. The standard InChI is InChI=1S/C17H18N2O2/c1-3-14(13-6-4-5-7-16(13)20)19-12-8-9-17-15(10-12)18-11(2)21-17/h4-10,14,19-20H,3H2,1-2H3. The Hall–Kier alpha value is -2.49. The molecule has 0 saturated heterocycles. The van der Waals surface area contributed by atoms with Gasteiger partial charge in [-0.1, -0.05) is 25.1 Å². The van der Waals surface area contributed by atoms with Crippen molar-refractivity contribution in [3.05, 3.63) is 53.9 Å². The van der Waals surface area contributed by atoms with E-state index in [0.29, 0.717) is 11.6 Å². The Labute approximate surface area is 123 Å². The van der Waals surface area contributed by atoms with Gasteiger partial charge >= 0.3 is 0 Å².